The average Bonchev–Trinajstić information content (AvgIpc) is 2.78. The molecule has 0 radical (unpaired) electrons. The van der Waals surface area contributed by atoms with Crippen LogP contribution in [0.5, 0.6) is 0 Å². The summed E-state index contributed by atoms with van der Waals surface area (Å²) in [7, 11) is 0. The van der Waals surface area contributed by atoms with Crippen LogP contribution in [0.4, 0.5) is 0 Å². The Morgan fingerprint density at radius 3 is 2.47 bits per heavy atom. The minimum Gasteiger partial charge on any atom is -0.326 e. The molecule has 1 aliphatic heterocycles. The van der Waals surface area contributed by atoms with E-state index in [1.807, 2.05) is 11.3 Å². The predicted octanol–water partition coefficient (Wildman–Crippen LogP) is 4.41. The molecule has 1 aromatic heterocycles. The van der Waals surface area contributed by atoms with Gasteiger partial charge in [0.2, 0.25) is 0 Å². The van der Waals surface area contributed by atoms with Gasteiger partial charge < -0.3 is 5.73 Å². The van der Waals surface area contributed by atoms with Gasteiger partial charge in [0, 0.05) is 10.9 Å². The maximum absolute atomic E-state index is 6.41. The zero-order chi connectivity index (χ0) is 14.0. The van der Waals surface area contributed by atoms with Gasteiger partial charge in [0.15, 0.2) is 0 Å². The summed E-state index contributed by atoms with van der Waals surface area (Å²) >= 11 is 5.40. The van der Waals surface area contributed by atoms with Crippen molar-refractivity contribution in [1.82, 2.24) is 4.90 Å². The van der Waals surface area contributed by atoms with Crippen LogP contribution in [-0.4, -0.2) is 24.0 Å². The van der Waals surface area contributed by atoms with Gasteiger partial charge in [0.25, 0.3) is 0 Å². The van der Waals surface area contributed by atoms with E-state index in [0.29, 0.717) is 11.5 Å². The van der Waals surface area contributed by atoms with Crippen molar-refractivity contribution in [2.75, 3.05) is 13.1 Å². The zero-order valence-electron chi connectivity index (χ0n) is 12.2. The molecule has 1 aliphatic rings. The van der Waals surface area contributed by atoms with Gasteiger partial charge in [-0.1, -0.05) is 20.8 Å². The Labute approximate surface area is 129 Å². The van der Waals surface area contributed by atoms with Crippen LogP contribution in [0.3, 0.4) is 0 Å². The lowest BCUT2D eigenvalue weighted by atomic mass is 9.82. The van der Waals surface area contributed by atoms with E-state index >= 15 is 0 Å². The van der Waals surface area contributed by atoms with Crippen molar-refractivity contribution in [3.8, 4) is 0 Å². The molecule has 1 saturated heterocycles. The molecule has 4 heteroatoms. The molecule has 2 nitrogen and oxygen atoms in total. The summed E-state index contributed by atoms with van der Waals surface area (Å²) in [4.78, 5) is 4.00. The SMILES string of the molecule is CCC(N)C(c1ccc(Br)s1)N1CCC(C)(C)CC1. The summed E-state index contributed by atoms with van der Waals surface area (Å²) in [6.07, 6.45) is 3.57. The molecule has 2 atom stereocenters. The topological polar surface area (TPSA) is 29.3 Å². The quantitative estimate of drug-likeness (QED) is 0.876. The van der Waals surface area contributed by atoms with E-state index in [1.54, 1.807) is 0 Å². The molecule has 2 unspecified atom stereocenters. The summed E-state index contributed by atoms with van der Waals surface area (Å²) in [5.74, 6) is 0. The Kier molecular flexibility index (Phi) is 5.09. The highest BCUT2D eigenvalue weighted by atomic mass is 79.9. The number of likely N-dealkylation sites (tertiary alicyclic amines) is 1. The van der Waals surface area contributed by atoms with E-state index in [1.165, 1.54) is 34.6 Å². The fourth-order valence-corrected chi connectivity index (χ4v) is 4.41. The Morgan fingerprint density at radius 1 is 1.37 bits per heavy atom. The van der Waals surface area contributed by atoms with Gasteiger partial charge >= 0.3 is 0 Å². The van der Waals surface area contributed by atoms with Crippen molar-refractivity contribution in [2.24, 2.45) is 11.1 Å². The predicted molar refractivity (Wildman–Crippen MR) is 87.6 cm³/mol. The summed E-state index contributed by atoms with van der Waals surface area (Å²) in [5.41, 5.74) is 6.90. The van der Waals surface area contributed by atoms with Crippen LogP contribution in [0.1, 0.15) is 51.0 Å². The summed E-state index contributed by atoms with van der Waals surface area (Å²) in [6.45, 7) is 9.28. The fourth-order valence-electron chi connectivity index (χ4n) is 2.78. The molecule has 0 bridgehead atoms. The highest BCUT2D eigenvalue weighted by Crippen LogP contribution is 2.38. The van der Waals surface area contributed by atoms with Crippen LogP contribution in [-0.2, 0) is 0 Å². The van der Waals surface area contributed by atoms with E-state index in [0.717, 1.165) is 6.42 Å². The molecular formula is C15H25BrN2S. The van der Waals surface area contributed by atoms with Gasteiger partial charge in [-0.2, -0.15) is 0 Å². The molecule has 0 saturated carbocycles. The van der Waals surface area contributed by atoms with Crippen LogP contribution in [0, 0.1) is 5.41 Å². The summed E-state index contributed by atoms with van der Waals surface area (Å²) in [6, 6.07) is 4.99. The number of thiophene rings is 1. The zero-order valence-corrected chi connectivity index (χ0v) is 14.6. The first kappa shape index (κ1) is 15.5. The van der Waals surface area contributed by atoms with Crippen LogP contribution >= 0.6 is 27.3 Å². The van der Waals surface area contributed by atoms with Crippen LogP contribution in [0.2, 0.25) is 0 Å². The van der Waals surface area contributed by atoms with Crippen LogP contribution < -0.4 is 5.73 Å². The van der Waals surface area contributed by atoms with Gasteiger partial charge in [-0.25, -0.2) is 0 Å². The third-order valence-electron chi connectivity index (χ3n) is 4.31. The van der Waals surface area contributed by atoms with Crippen molar-refractivity contribution < 1.29 is 0 Å². The van der Waals surface area contributed by atoms with E-state index in [-0.39, 0.29) is 6.04 Å². The fraction of sp³-hybridized carbons (Fsp3) is 0.733. The molecule has 2 heterocycles. The number of hydrogen-bond acceptors (Lipinski definition) is 3. The monoisotopic (exact) mass is 344 g/mol. The molecule has 19 heavy (non-hydrogen) atoms. The lowest BCUT2D eigenvalue weighted by Crippen LogP contribution is -2.45. The molecule has 2 N–H and O–H groups in total. The summed E-state index contributed by atoms with van der Waals surface area (Å²) < 4.78 is 1.20. The largest absolute Gasteiger partial charge is 0.326 e. The van der Waals surface area contributed by atoms with Crippen molar-refractivity contribution in [2.45, 2.75) is 52.1 Å². The number of nitrogens with two attached hydrogens (primary N) is 1. The number of piperidine rings is 1. The second kappa shape index (κ2) is 6.25. The highest BCUT2D eigenvalue weighted by Gasteiger charge is 2.33. The maximum Gasteiger partial charge on any atom is 0.0702 e. The Morgan fingerprint density at radius 2 is 2.00 bits per heavy atom. The Hall–Kier alpha value is 0.1000. The van der Waals surface area contributed by atoms with E-state index in [9.17, 15) is 0 Å². The smallest absolute Gasteiger partial charge is 0.0702 e. The van der Waals surface area contributed by atoms with Crippen LogP contribution in [0.15, 0.2) is 15.9 Å². The molecule has 1 aromatic rings. The Balaban J connectivity index is 2.15. The van der Waals surface area contributed by atoms with Crippen molar-refractivity contribution in [1.29, 1.82) is 0 Å². The second-order valence-corrected chi connectivity index (χ2v) is 8.85. The van der Waals surface area contributed by atoms with E-state index in [4.69, 9.17) is 5.73 Å². The molecule has 0 aliphatic carbocycles. The van der Waals surface area contributed by atoms with Gasteiger partial charge in [-0.05, 0) is 65.8 Å². The lowest BCUT2D eigenvalue weighted by molar-refractivity contribution is 0.0824. The lowest BCUT2D eigenvalue weighted by Gasteiger charge is -2.42. The molecule has 2 rings (SSSR count). The van der Waals surface area contributed by atoms with E-state index in [2.05, 4.69) is 53.7 Å². The molecule has 0 amide bonds. The van der Waals surface area contributed by atoms with Crippen LogP contribution in [0.25, 0.3) is 0 Å². The molecule has 0 spiro atoms. The minimum absolute atomic E-state index is 0.228. The van der Waals surface area contributed by atoms with Gasteiger partial charge in [-0.3, -0.25) is 4.90 Å². The summed E-state index contributed by atoms with van der Waals surface area (Å²) in [5, 5.41) is 0. The van der Waals surface area contributed by atoms with Gasteiger partial charge in [0.05, 0.1) is 9.83 Å². The standard InChI is InChI=1S/C15H25BrN2S/c1-4-11(17)14(12-5-6-13(16)19-12)18-9-7-15(2,3)8-10-18/h5-6,11,14H,4,7-10,17H2,1-3H3. The first-order valence-electron chi connectivity index (χ1n) is 7.18. The first-order chi connectivity index (χ1) is 8.93. The normalized spacial score (nSPS) is 23.2. The average molecular weight is 345 g/mol. The molecule has 1 fully saturated rings. The molecule has 108 valence electrons. The Bertz CT molecular complexity index is 406. The maximum atomic E-state index is 6.41. The highest BCUT2D eigenvalue weighted by molar-refractivity contribution is 9.11. The first-order valence-corrected chi connectivity index (χ1v) is 8.79. The molecular weight excluding hydrogens is 320 g/mol. The van der Waals surface area contributed by atoms with E-state index < -0.39 is 0 Å². The third kappa shape index (κ3) is 3.81. The second-order valence-electron chi connectivity index (χ2n) is 6.36. The van der Waals surface area contributed by atoms with Crippen molar-refractivity contribution in [3.63, 3.8) is 0 Å². The van der Waals surface area contributed by atoms with Gasteiger partial charge in [-0.15, -0.1) is 11.3 Å². The van der Waals surface area contributed by atoms with Crippen molar-refractivity contribution in [3.05, 3.63) is 20.8 Å². The van der Waals surface area contributed by atoms with Crippen molar-refractivity contribution >= 4 is 27.3 Å². The van der Waals surface area contributed by atoms with Gasteiger partial charge in [0.1, 0.15) is 0 Å². The minimum atomic E-state index is 0.228. The number of rotatable bonds is 4. The third-order valence-corrected chi connectivity index (χ3v) is 6.00. The molecule has 0 aromatic carbocycles. The number of hydrogen-bond donors (Lipinski definition) is 1. The number of nitrogens with zero attached hydrogens (tertiary/aromatic N) is 1. The number of halogens is 1.